The van der Waals surface area contributed by atoms with Gasteiger partial charge in [-0.15, -0.1) is 5.10 Å². The molecule has 10 nitrogen and oxygen atoms in total. The van der Waals surface area contributed by atoms with Gasteiger partial charge in [-0.25, -0.2) is 8.42 Å². The Morgan fingerprint density at radius 1 is 1.09 bits per heavy atom. The van der Waals surface area contributed by atoms with E-state index in [-0.39, 0.29) is 40.6 Å². The highest BCUT2D eigenvalue weighted by atomic mass is 32.2. The second-order valence-corrected chi connectivity index (χ2v) is 9.69. The van der Waals surface area contributed by atoms with Crippen molar-refractivity contribution >= 4 is 33.5 Å². The van der Waals surface area contributed by atoms with E-state index < -0.39 is 15.9 Å². The fourth-order valence-corrected chi connectivity index (χ4v) is 5.30. The van der Waals surface area contributed by atoms with Crippen LogP contribution in [0.2, 0.25) is 0 Å². The Hall–Kier alpha value is -3.57. The first-order valence-electron chi connectivity index (χ1n) is 10.9. The van der Waals surface area contributed by atoms with Crippen molar-refractivity contribution in [3.63, 3.8) is 0 Å². The average molecular weight is 484 g/mol. The van der Waals surface area contributed by atoms with E-state index >= 15 is 0 Å². The van der Waals surface area contributed by atoms with Crippen LogP contribution in [0.5, 0.6) is 0 Å². The average Bonchev–Trinajstić information content (AvgIpc) is 3.47. The minimum Gasteiger partial charge on any atom is -0.407 e. The molecular weight excluding hydrogens is 458 g/mol. The highest BCUT2D eigenvalue weighted by molar-refractivity contribution is 7.89. The fraction of sp³-hybridized carbons (Fsp3) is 0.304. The van der Waals surface area contributed by atoms with Crippen molar-refractivity contribution in [1.29, 1.82) is 0 Å². The Balaban J connectivity index is 1.42. The van der Waals surface area contributed by atoms with E-state index in [1.807, 2.05) is 30.3 Å². The Labute approximate surface area is 197 Å². The maximum atomic E-state index is 12.6. The highest BCUT2D eigenvalue weighted by Crippen LogP contribution is 2.31. The van der Waals surface area contributed by atoms with Crippen LogP contribution in [0.1, 0.15) is 42.4 Å². The van der Waals surface area contributed by atoms with Crippen LogP contribution in [0.3, 0.4) is 0 Å². The summed E-state index contributed by atoms with van der Waals surface area (Å²) in [4.78, 5) is 26.8. The zero-order chi connectivity index (χ0) is 24.3. The van der Waals surface area contributed by atoms with Crippen LogP contribution in [0, 0.1) is 0 Å². The van der Waals surface area contributed by atoms with E-state index in [1.54, 1.807) is 18.7 Å². The van der Waals surface area contributed by atoms with Gasteiger partial charge in [-0.05, 0) is 36.4 Å². The summed E-state index contributed by atoms with van der Waals surface area (Å²) in [5, 5.41) is 10.4. The molecule has 1 aromatic heterocycles. The van der Waals surface area contributed by atoms with Crippen LogP contribution in [0.4, 0.5) is 11.7 Å². The molecule has 0 aliphatic carbocycles. The highest BCUT2D eigenvalue weighted by Gasteiger charge is 2.35. The van der Waals surface area contributed by atoms with Gasteiger partial charge < -0.3 is 9.32 Å². The third-order valence-electron chi connectivity index (χ3n) is 5.66. The predicted octanol–water partition coefficient (Wildman–Crippen LogP) is 2.87. The van der Waals surface area contributed by atoms with Gasteiger partial charge in [0.2, 0.25) is 21.8 Å². The summed E-state index contributed by atoms with van der Waals surface area (Å²) in [5.74, 6) is -0.576. The summed E-state index contributed by atoms with van der Waals surface area (Å²) in [6.07, 6.45) is 0.229. The molecule has 1 atom stereocenters. The minimum atomic E-state index is -3.61. The van der Waals surface area contributed by atoms with Crippen molar-refractivity contribution in [3.8, 4) is 0 Å². The van der Waals surface area contributed by atoms with Gasteiger partial charge in [-0.2, -0.15) is 4.31 Å². The topological polar surface area (TPSA) is 126 Å². The van der Waals surface area contributed by atoms with E-state index in [2.05, 4.69) is 15.5 Å². The van der Waals surface area contributed by atoms with E-state index in [1.165, 1.54) is 28.6 Å². The first-order valence-corrected chi connectivity index (χ1v) is 12.4. The molecule has 0 radical (unpaired) electrons. The SMILES string of the molecule is CCN(CC)S(=O)(=O)c1ccc(C(=O)Nc2nnc(C3CC(=O)N(c4ccccc4)C3)o2)cc1. The first kappa shape index (κ1) is 23.6. The second-order valence-electron chi connectivity index (χ2n) is 7.75. The van der Waals surface area contributed by atoms with Gasteiger partial charge >= 0.3 is 6.01 Å². The molecular formula is C23H25N5O5S. The van der Waals surface area contributed by atoms with Crippen LogP contribution in [-0.4, -0.2) is 54.4 Å². The number of aromatic nitrogens is 2. The number of hydrogen-bond donors (Lipinski definition) is 1. The van der Waals surface area contributed by atoms with E-state index in [0.29, 0.717) is 19.6 Å². The number of para-hydroxylation sites is 1. The molecule has 0 bridgehead atoms. The molecule has 1 aliphatic rings. The third kappa shape index (κ3) is 4.70. The monoisotopic (exact) mass is 483 g/mol. The lowest BCUT2D eigenvalue weighted by Crippen LogP contribution is -2.30. The van der Waals surface area contributed by atoms with Crippen molar-refractivity contribution in [2.45, 2.75) is 31.1 Å². The number of nitrogens with one attached hydrogen (secondary N) is 1. The summed E-state index contributed by atoms with van der Waals surface area (Å²) in [6, 6.07) is 14.9. The lowest BCUT2D eigenvalue weighted by molar-refractivity contribution is -0.117. The standard InChI is InChI=1S/C23H25N5O5S/c1-3-27(4-2)34(31,32)19-12-10-16(11-13-19)21(30)24-23-26-25-22(33-23)17-14-20(29)28(15-17)18-8-6-5-7-9-18/h5-13,17H,3-4,14-15H2,1-2H3,(H,24,26,30). The molecule has 0 saturated carbocycles. The lowest BCUT2D eigenvalue weighted by Gasteiger charge is -2.18. The van der Waals surface area contributed by atoms with Gasteiger partial charge in [0.25, 0.3) is 5.91 Å². The van der Waals surface area contributed by atoms with Gasteiger partial charge in [0, 0.05) is 37.3 Å². The summed E-state index contributed by atoms with van der Waals surface area (Å²) >= 11 is 0. The molecule has 3 aromatic rings. The zero-order valence-electron chi connectivity index (χ0n) is 18.8. The number of anilines is 2. The smallest absolute Gasteiger partial charge is 0.322 e. The molecule has 34 heavy (non-hydrogen) atoms. The van der Waals surface area contributed by atoms with E-state index in [9.17, 15) is 18.0 Å². The molecule has 1 aliphatic heterocycles. The van der Waals surface area contributed by atoms with Crippen molar-refractivity contribution in [1.82, 2.24) is 14.5 Å². The lowest BCUT2D eigenvalue weighted by atomic mass is 10.1. The molecule has 4 rings (SSSR count). The summed E-state index contributed by atoms with van der Waals surface area (Å²) in [6.45, 7) is 4.65. The summed E-state index contributed by atoms with van der Waals surface area (Å²) in [7, 11) is -3.61. The van der Waals surface area contributed by atoms with E-state index in [0.717, 1.165) is 5.69 Å². The van der Waals surface area contributed by atoms with Crippen molar-refractivity contribution in [2.24, 2.45) is 0 Å². The van der Waals surface area contributed by atoms with Crippen LogP contribution in [-0.2, 0) is 14.8 Å². The van der Waals surface area contributed by atoms with Gasteiger partial charge in [0.1, 0.15) is 0 Å². The maximum Gasteiger partial charge on any atom is 0.322 e. The number of nitrogens with zero attached hydrogens (tertiary/aromatic N) is 4. The number of hydrogen-bond acceptors (Lipinski definition) is 7. The largest absolute Gasteiger partial charge is 0.407 e. The van der Waals surface area contributed by atoms with Crippen LogP contribution in [0.25, 0.3) is 0 Å². The number of sulfonamides is 1. The fourth-order valence-electron chi connectivity index (χ4n) is 3.84. The predicted molar refractivity (Wildman–Crippen MR) is 125 cm³/mol. The summed E-state index contributed by atoms with van der Waals surface area (Å²) in [5.41, 5.74) is 1.04. The molecule has 11 heteroatoms. The normalized spacial score (nSPS) is 16.3. The van der Waals surface area contributed by atoms with Crippen LogP contribution in [0.15, 0.2) is 63.9 Å². The van der Waals surface area contributed by atoms with Gasteiger partial charge in [0.15, 0.2) is 0 Å². The summed E-state index contributed by atoms with van der Waals surface area (Å²) < 4.78 is 32.1. The minimum absolute atomic E-state index is 0.0419. The Bertz CT molecular complexity index is 1270. The first-order chi connectivity index (χ1) is 16.3. The molecule has 2 amide bonds. The molecule has 1 N–H and O–H groups in total. The van der Waals surface area contributed by atoms with Crippen LogP contribution < -0.4 is 10.2 Å². The zero-order valence-corrected chi connectivity index (χ0v) is 19.7. The quantitative estimate of drug-likeness (QED) is 0.522. The van der Waals surface area contributed by atoms with Gasteiger partial charge in [-0.3, -0.25) is 14.9 Å². The second kappa shape index (κ2) is 9.74. The van der Waals surface area contributed by atoms with Crippen LogP contribution >= 0.6 is 0 Å². The number of amides is 2. The Kier molecular flexibility index (Phi) is 6.75. The number of carbonyl (C=O) groups excluding carboxylic acids is 2. The van der Waals surface area contributed by atoms with E-state index in [4.69, 9.17) is 4.42 Å². The molecule has 0 spiro atoms. The number of benzene rings is 2. The maximum absolute atomic E-state index is 12.6. The molecule has 2 aromatic carbocycles. The Morgan fingerprint density at radius 3 is 2.41 bits per heavy atom. The molecule has 1 saturated heterocycles. The number of carbonyl (C=O) groups is 2. The van der Waals surface area contributed by atoms with Gasteiger partial charge in [0.05, 0.1) is 10.8 Å². The molecule has 1 unspecified atom stereocenters. The third-order valence-corrected chi connectivity index (χ3v) is 7.73. The molecule has 1 fully saturated rings. The van der Waals surface area contributed by atoms with Gasteiger partial charge in [-0.1, -0.05) is 37.1 Å². The van der Waals surface area contributed by atoms with Crippen molar-refractivity contribution in [3.05, 3.63) is 66.1 Å². The molecule has 2 heterocycles. The van der Waals surface area contributed by atoms with Crippen molar-refractivity contribution in [2.75, 3.05) is 29.9 Å². The number of rotatable bonds is 8. The molecule has 178 valence electrons. The Morgan fingerprint density at radius 2 is 1.76 bits per heavy atom. The van der Waals surface area contributed by atoms with Crippen molar-refractivity contribution < 1.29 is 22.4 Å².